The number of likely N-dealkylation sites (N-methyl/N-ethyl adjacent to an activating group) is 1. The molecule has 0 bridgehead atoms. The molecule has 0 aliphatic carbocycles. The summed E-state index contributed by atoms with van der Waals surface area (Å²) in [5, 5.41) is 3.30. The molecule has 21 heavy (non-hydrogen) atoms. The first-order valence-corrected chi connectivity index (χ1v) is 7.34. The number of hydrogen-bond donors (Lipinski definition) is 1. The predicted molar refractivity (Wildman–Crippen MR) is 80.4 cm³/mol. The molecule has 0 aliphatic rings. The number of halogens is 3. The Balaban J connectivity index is 2.92. The molecule has 1 atom stereocenters. The zero-order valence-electron chi connectivity index (χ0n) is 13.2. The number of alkyl halides is 3. The maximum Gasteiger partial charge on any atom is 0.401 e. The van der Waals surface area contributed by atoms with Crippen molar-refractivity contribution in [3.05, 3.63) is 35.4 Å². The Hall–Kier alpha value is -1.07. The summed E-state index contributed by atoms with van der Waals surface area (Å²) in [5.41, 5.74) is 2.16. The Morgan fingerprint density at radius 2 is 1.81 bits per heavy atom. The van der Waals surface area contributed by atoms with E-state index >= 15 is 0 Å². The van der Waals surface area contributed by atoms with E-state index in [1.165, 1.54) is 4.90 Å². The quantitative estimate of drug-likeness (QED) is 0.821. The molecular weight excluding hydrogens is 277 g/mol. The molecule has 0 heterocycles. The third-order valence-corrected chi connectivity index (χ3v) is 3.54. The van der Waals surface area contributed by atoms with Crippen molar-refractivity contribution >= 4 is 0 Å². The minimum atomic E-state index is -4.17. The maximum absolute atomic E-state index is 12.7. The van der Waals surface area contributed by atoms with Gasteiger partial charge in [0.2, 0.25) is 0 Å². The summed E-state index contributed by atoms with van der Waals surface area (Å²) in [7, 11) is 0. The number of hydrogen-bond acceptors (Lipinski definition) is 2. The van der Waals surface area contributed by atoms with E-state index in [0.717, 1.165) is 17.7 Å². The first-order valence-electron chi connectivity index (χ1n) is 7.34. The first kappa shape index (κ1) is 18.0. The molecule has 1 rings (SSSR count). The molecule has 0 saturated carbocycles. The molecule has 120 valence electrons. The van der Waals surface area contributed by atoms with E-state index in [1.807, 2.05) is 38.1 Å². The second kappa shape index (κ2) is 7.80. The van der Waals surface area contributed by atoms with E-state index in [9.17, 15) is 13.2 Å². The molecule has 1 aromatic rings. The largest absolute Gasteiger partial charge is 0.401 e. The van der Waals surface area contributed by atoms with E-state index in [0.29, 0.717) is 6.54 Å². The fraction of sp³-hybridized carbons (Fsp3) is 0.625. The van der Waals surface area contributed by atoms with Crippen LogP contribution in [-0.2, 0) is 0 Å². The van der Waals surface area contributed by atoms with Crippen molar-refractivity contribution in [3.8, 4) is 0 Å². The van der Waals surface area contributed by atoms with Crippen molar-refractivity contribution in [1.82, 2.24) is 10.2 Å². The van der Waals surface area contributed by atoms with Crippen LogP contribution in [0, 0.1) is 6.92 Å². The van der Waals surface area contributed by atoms with Gasteiger partial charge in [0.25, 0.3) is 0 Å². The third kappa shape index (κ3) is 6.06. The molecule has 0 fully saturated rings. The summed E-state index contributed by atoms with van der Waals surface area (Å²) in [4.78, 5) is 1.47. The van der Waals surface area contributed by atoms with Gasteiger partial charge < -0.3 is 5.32 Å². The van der Waals surface area contributed by atoms with Gasteiger partial charge in [0.15, 0.2) is 0 Å². The van der Waals surface area contributed by atoms with Crippen LogP contribution in [0.2, 0.25) is 0 Å². The molecule has 1 N–H and O–H groups in total. The van der Waals surface area contributed by atoms with E-state index in [4.69, 9.17) is 0 Å². The summed E-state index contributed by atoms with van der Waals surface area (Å²) in [6, 6.07) is 7.59. The average Bonchev–Trinajstić information content (AvgIpc) is 2.36. The number of nitrogens with zero attached hydrogens (tertiary/aromatic N) is 1. The highest BCUT2D eigenvalue weighted by Crippen LogP contribution is 2.23. The van der Waals surface area contributed by atoms with Crippen molar-refractivity contribution in [1.29, 1.82) is 0 Å². The van der Waals surface area contributed by atoms with Crippen molar-refractivity contribution in [2.45, 2.75) is 46.0 Å². The van der Waals surface area contributed by atoms with E-state index in [-0.39, 0.29) is 12.1 Å². The molecule has 1 aromatic carbocycles. The van der Waals surface area contributed by atoms with Gasteiger partial charge in [-0.15, -0.1) is 0 Å². The number of nitrogens with one attached hydrogen (secondary N) is 1. The molecule has 0 radical (unpaired) electrons. The SMILES string of the molecule is CCNC(CN(CC(F)(F)F)C(C)C)c1ccccc1C. The second-order valence-corrected chi connectivity index (χ2v) is 5.61. The lowest BCUT2D eigenvalue weighted by Crippen LogP contribution is -2.44. The average molecular weight is 302 g/mol. The van der Waals surface area contributed by atoms with Gasteiger partial charge in [-0.25, -0.2) is 0 Å². The van der Waals surface area contributed by atoms with Gasteiger partial charge in [0.1, 0.15) is 0 Å². The summed E-state index contributed by atoms with van der Waals surface area (Å²) in [5.74, 6) is 0. The van der Waals surface area contributed by atoms with Crippen molar-refractivity contribution in [2.75, 3.05) is 19.6 Å². The Kier molecular flexibility index (Phi) is 6.68. The standard InChI is InChI=1S/C16H25F3N2/c1-5-20-15(14-9-7-6-8-13(14)4)10-21(12(2)3)11-16(17,18)19/h6-9,12,15,20H,5,10-11H2,1-4H3. The van der Waals surface area contributed by atoms with Crippen LogP contribution in [0.3, 0.4) is 0 Å². The highest BCUT2D eigenvalue weighted by atomic mass is 19.4. The number of aryl methyl sites for hydroxylation is 1. The minimum Gasteiger partial charge on any atom is -0.309 e. The normalized spacial score (nSPS) is 14.0. The van der Waals surface area contributed by atoms with Gasteiger partial charge in [-0.3, -0.25) is 4.90 Å². The van der Waals surface area contributed by atoms with Crippen LogP contribution in [0.25, 0.3) is 0 Å². The smallest absolute Gasteiger partial charge is 0.309 e. The zero-order chi connectivity index (χ0) is 16.0. The minimum absolute atomic E-state index is 0.0963. The van der Waals surface area contributed by atoms with Gasteiger partial charge in [-0.2, -0.15) is 13.2 Å². The highest BCUT2D eigenvalue weighted by molar-refractivity contribution is 5.29. The Morgan fingerprint density at radius 1 is 1.19 bits per heavy atom. The predicted octanol–water partition coefficient (Wildman–Crippen LogP) is 3.92. The lowest BCUT2D eigenvalue weighted by Gasteiger charge is -2.32. The van der Waals surface area contributed by atoms with Gasteiger partial charge in [-0.05, 0) is 38.4 Å². The summed E-state index contributed by atoms with van der Waals surface area (Å²) in [6.07, 6.45) is -4.17. The van der Waals surface area contributed by atoms with Crippen molar-refractivity contribution in [3.63, 3.8) is 0 Å². The zero-order valence-corrected chi connectivity index (χ0v) is 13.2. The van der Waals surface area contributed by atoms with E-state index in [1.54, 1.807) is 13.8 Å². The van der Waals surface area contributed by atoms with Crippen LogP contribution >= 0.6 is 0 Å². The van der Waals surface area contributed by atoms with E-state index < -0.39 is 12.7 Å². The molecule has 0 saturated heterocycles. The first-order chi connectivity index (χ1) is 9.74. The van der Waals surface area contributed by atoms with Crippen molar-refractivity contribution in [2.24, 2.45) is 0 Å². The Labute approximate surface area is 125 Å². The lowest BCUT2D eigenvalue weighted by molar-refractivity contribution is -0.150. The van der Waals surface area contributed by atoms with Crippen molar-refractivity contribution < 1.29 is 13.2 Å². The third-order valence-electron chi connectivity index (χ3n) is 3.54. The molecule has 2 nitrogen and oxygen atoms in total. The summed E-state index contributed by atoms with van der Waals surface area (Å²) >= 11 is 0. The molecule has 0 aliphatic heterocycles. The monoisotopic (exact) mass is 302 g/mol. The van der Waals surface area contributed by atoms with Crippen LogP contribution in [0.15, 0.2) is 24.3 Å². The van der Waals surface area contributed by atoms with Crippen LogP contribution in [-0.4, -0.2) is 36.8 Å². The molecule has 0 amide bonds. The fourth-order valence-electron chi connectivity index (χ4n) is 2.42. The lowest BCUT2D eigenvalue weighted by atomic mass is 10.0. The second-order valence-electron chi connectivity index (χ2n) is 5.61. The topological polar surface area (TPSA) is 15.3 Å². The van der Waals surface area contributed by atoms with E-state index in [2.05, 4.69) is 5.32 Å². The molecule has 1 unspecified atom stereocenters. The highest BCUT2D eigenvalue weighted by Gasteiger charge is 2.33. The molecule has 5 heteroatoms. The van der Waals surface area contributed by atoms with Gasteiger partial charge >= 0.3 is 6.18 Å². The van der Waals surface area contributed by atoms with Gasteiger partial charge in [0.05, 0.1) is 6.54 Å². The molecule has 0 aromatic heterocycles. The Morgan fingerprint density at radius 3 is 2.29 bits per heavy atom. The molecular formula is C16H25F3N2. The summed E-state index contributed by atoms with van der Waals surface area (Å²) in [6.45, 7) is 7.74. The fourth-order valence-corrected chi connectivity index (χ4v) is 2.42. The number of benzene rings is 1. The maximum atomic E-state index is 12.7. The molecule has 0 spiro atoms. The Bertz CT molecular complexity index is 430. The van der Waals surface area contributed by atoms with Crippen LogP contribution in [0.1, 0.15) is 37.9 Å². The van der Waals surface area contributed by atoms with Gasteiger partial charge in [0, 0.05) is 18.6 Å². The van der Waals surface area contributed by atoms with Gasteiger partial charge in [-0.1, -0.05) is 31.2 Å². The van der Waals surface area contributed by atoms with Crippen LogP contribution in [0.5, 0.6) is 0 Å². The van der Waals surface area contributed by atoms with Crippen LogP contribution in [0.4, 0.5) is 13.2 Å². The van der Waals surface area contributed by atoms with Crippen LogP contribution < -0.4 is 5.32 Å². The summed E-state index contributed by atoms with van der Waals surface area (Å²) < 4.78 is 38.2. The number of rotatable bonds is 7.